The standard InChI is InChI=1S/C33H44ClFN4O4/c1-4-22(2)29-31(41)39(3)33(14-5-6-15-33)32(42)38-27(20-23-9-7-11-25(34)19-23)30(40)37-16-8-10-24-12-13-26(35)21-28(24)43-18-17-36-29/h7,9,11-13,19,21-22,27,29,36H,4-6,8,10,14-18,20H2,1-3H3,(H,37,40)(H,38,42)/t22-,27-,29-/m0/s1. The minimum absolute atomic E-state index is 0.00635. The van der Waals surface area contributed by atoms with Crippen LogP contribution in [-0.4, -0.2) is 67.0 Å². The van der Waals surface area contributed by atoms with Gasteiger partial charge in [0, 0.05) is 37.6 Å². The van der Waals surface area contributed by atoms with Crippen LogP contribution in [0.4, 0.5) is 4.39 Å². The molecule has 0 saturated heterocycles. The number of carbonyl (C=O) groups is 3. The molecule has 4 rings (SSSR count). The second-order valence-electron chi connectivity index (χ2n) is 11.8. The fraction of sp³-hybridized carbons (Fsp3) is 0.545. The number of nitrogens with one attached hydrogen (secondary N) is 3. The van der Waals surface area contributed by atoms with Crippen molar-refractivity contribution in [3.8, 4) is 5.75 Å². The number of ether oxygens (including phenoxy) is 1. The van der Waals surface area contributed by atoms with Gasteiger partial charge in [-0.2, -0.15) is 0 Å². The highest BCUT2D eigenvalue weighted by molar-refractivity contribution is 6.30. The molecule has 8 nitrogen and oxygen atoms in total. The number of rotatable bonds is 4. The van der Waals surface area contributed by atoms with Crippen LogP contribution in [0.2, 0.25) is 5.02 Å². The van der Waals surface area contributed by atoms with E-state index in [0.29, 0.717) is 49.5 Å². The van der Waals surface area contributed by atoms with Crippen LogP contribution in [0, 0.1) is 11.7 Å². The number of benzene rings is 2. The predicted molar refractivity (Wildman–Crippen MR) is 166 cm³/mol. The van der Waals surface area contributed by atoms with Crippen LogP contribution >= 0.6 is 11.6 Å². The van der Waals surface area contributed by atoms with Gasteiger partial charge in [-0.15, -0.1) is 0 Å². The molecule has 2 aromatic carbocycles. The highest BCUT2D eigenvalue weighted by Gasteiger charge is 2.49. The van der Waals surface area contributed by atoms with Gasteiger partial charge in [-0.3, -0.25) is 14.4 Å². The van der Waals surface area contributed by atoms with Gasteiger partial charge in [0.15, 0.2) is 0 Å². The molecule has 3 amide bonds. The zero-order chi connectivity index (χ0) is 31.0. The second-order valence-corrected chi connectivity index (χ2v) is 12.2. The largest absolute Gasteiger partial charge is 0.492 e. The second kappa shape index (κ2) is 15.0. The van der Waals surface area contributed by atoms with Crippen molar-refractivity contribution < 1.29 is 23.5 Å². The average molecular weight is 615 g/mol. The molecule has 1 heterocycles. The van der Waals surface area contributed by atoms with Crippen LogP contribution in [0.5, 0.6) is 5.75 Å². The van der Waals surface area contributed by atoms with E-state index in [-0.39, 0.29) is 36.7 Å². The molecule has 1 aliphatic heterocycles. The third kappa shape index (κ3) is 8.06. The highest BCUT2D eigenvalue weighted by atomic mass is 35.5. The fourth-order valence-corrected chi connectivity index (χ4v) is 6.33. The number of fused-ring (bicyclic) bond motifs is 1. The quantitative estimate of drug-likeness (QED) is 0.473. The first-order valence-corrected chi connectivity index (χ1v) is 15.8. The van der Waals surface area contributed by atoms with Crippen molar-refractivity contribution in [2.45, 2.75) is 82.8 Å². The highest BCUT2D eigenvalue weighted by Crippen LogP contribution is 2.36. The summed E-state index contributed by atoms with van der Waals surface area (Å²) in [6, 6.07) is 10.3. The Kier molecular flexibility index (Phi) is 11.4. The molecular formula is C33H44ClFN4O4. The molecule has 43 heavy (non-hydrogen) atoms. The lowest BCUT2D eigenvalue weighted by atomic mass is 9.90. The van der Waals surface area contributed by atoms with Crippen LogP contribution in [0.3, 0.4) is 0 Å². The summed E-state index contributed by atoms with van der Waals surface area (Å²) in [5.74, 6) is -0.743. The van der Waals surface area contributed by atoms with Crippen molar-refractivity contribution in [3.63, 3.8) is 0 Å². The van der Waals surface area contributed by atoms with Crippen molar-refractivity contribution in [1.29, 1.82) is 0 Å². The van der Waals surface area contributed by atoms with Gasteiger partial charge in [0.1, 0.15) is 29.8 Å². The van der Waals surface area contributed by atoms with Gasteiger partial charge in [-0.25, -0.2) is 4.39 Å². The summed E-state index contributed by atoms with van der Waals surface area (Å²) in [6.45, 7) is 5.01. The van der Waals surface area contributed by atoms with Gasteiger partial charge >= 0.3 is 0 Å². The lowest BCUT2D eigenvalue weighted by Gasteiger charge is -2.41. The van der Waals surface area contributed by atoms with Crippen molar-refractivity contribution in [2.24, 2.45) is 5.92 Å². The molecule has 10 heteroatoms. The summed E-state index contributed by atoms with van der Waals surface area (Å²) in [7, 11) is 1.70. The number of hydrogen-bond donors (Lipinski definition) is 3. The maximum Gasteiger partial charge on any atom is 0.246 e. The Balaban J connectivity index is 1.66. The van der Waals surface area contributed by atoms with Crippen LogP contribution < -0.4 is 20.7 Å². The van der Waals surface area contributed by atoms with Crippen molar-refractivity contribution in [3.05, 3.63) is 64.4 Å². The summed E-state index contributed by atoms with van der Waals surface area (Å²) in [6.07, 6.45) is 4.82. The summed E-state index contributed by atoms with van der Waals surface area (Å²) >= 11 is 6.22. The number of halogens is 2. The smallest absolute Gasteiger partial charge is 0.246 e. The molecule has 1 fully saturated rings. The zero-order valence-corrected chi connectivity index (χ0v) is 26.1. The van der Waals surface area contributed by atoms with Gasteiger partial charge in [-0.1, -0.05) is 62.9 Å². The van der Waals surface area contributed by atoms with E-state index in [1.54, 1.807) is 30.1 Å². The lowest BCUT2D eigenvalue weighted by molar-refractivity contribution is -0.149. The number of aryl methyl sites for hydroxylation is 1. The SMILES string of the molecule is CC[C@H](C)[C@@H]1NCCOc2cc(F)ccc2CCCNC(=O)[C@H](Cc2cccc(Cl)c2)NC(=O)C2(CCCC2)N(C)C1=O. The van der Waals surface area contributed by atoms with Crippen LogP contribution in [0.1, 0.15) is 63.5 Å². The minimum Gasteiger partial charge on any atom is -0.492 e. The Morgan fingerprint density at radius 3 is 2.58 bits per heavy atom. The van der Waals surface area contributed by atoms with Gasteiger partial charge < -0.3 is 25.6 Å². The van der Waals surface area contributed by atoms with Gasteiger partial charge in [0.05, 0.1) is 6.04 Å². The summed E-state index contributed by atoms with van der Waals surface area (Å²) in [5, 5.41) is 9.90. The van der Waals surface area contributed by atoms with E-state index in [0.717, 1.165) is 30.4 Å². The molecule has 0 bridgehead atoms. The topological polar surface area (TPSA) is 99.8 Å². The molecule has 1 saturated carbocycles. The third-order valence-electron chi connectivity index (χ3n) is 8.93. The predicted octanol–water partition coefficient (Wildman–Crippen LogP) is 4.42. The van der Waals surface area contributed by atoms with E-state index in [2.05, 4.69) is 16.0 Å². The van der Waals surface area contributed by atoms with E-state index < -0.39 is 23.4 Å². The molecule has 234 valence electrons. The lowest BCUT2D eigenvalue weighted by Crippen LogP contribution is -2.64. The van der Waals surface area contributed by atoms with Crippen LogP contribution in [0.25, 0.3) is 0 Å². The Labute approximate surface area is 259 Å². The zero-order valence-electron chi connectivity index (χ0n) is 25.4. The third-order valence-corrected chi connectivity index (χ3v) is 9.17. The number of likely N-dealkylation sites (N-methyl/N-ethyl adjacent to an activating group) is 1. The number of carbonyl (C=O) groups excluding carboxylic acids is 3. The monoisotopic (exact) mass is 614 g/mol. The first-order valence-electron chi connectivity index (χ1n) is 15.4. The minimum atomic E-state index is -1.06. The van der Waals surface area contributed by atoms with E-state index in [4.69, 9.17) is 16.3 Å². The van der Waals surface area contributed by atoms with Crippen molar-refractivity contribution >= 4 is 29.3 Å². The maximum atomic E-state index is 14.1. The van der Waals surface area contributed by atoms with E-state index in [1.165, 1.54) is 12.1 Å². The molecular weight excluding hydrogens is 571 g/mol. The molecule has 1 aliphatic carbocycles. The van der Waals surface area contributed by atoms with Crippen molar-refractivity contribution in [1.82, 2.24) is 20.9 Å². The first kappa shape index (κ1) is 32.7. The van der Waals surface area contributed by atoms with Gasteiger partial charge in [-0.05, 0) is 60.9 Å². The van der Waals surface area contributed by atoms with Crippen LogP contribution in [-0.2, 0) is 27.2 Å². The van der Waals surface area contributed by atoms with Gasteiger partial charge in [0.2, 0.25) is 17.7 Å². The molecule has 0 unspecified atom stereocenters. The number of amides is 3. The summed E-state index contributed by atoms with van der Waals surface area (Å²) in [4.78, 5) is 43.3. The van der Waals surface area contributed by atoms with Crippen LogP contribution in [0.15, 0.2) is 42.5 Å². The molecule has 2 aliphatic rings. The molecule has 0 radical (unpaired) electrons. The Morgan fingerprint density at radius 1 is 1.09 bits per heavy atom. The number of hydrogen-bond acceptors (Lipinski definition) is 5. The van der Waals surface area contributed by atoms with E-state index in [1.807, 2.05) is 26.0 Å². The maximum absolute atomic E-state index is 14.1. The first-order chi connectivity index (χ1) is 20.6. The van der Waals surface area contributed by atoms with Crippen molar-refractivity contribution in [2.75, 3.05) is 26.7 Å². The molecule has 3 N–H and O–H groups in total. The fourth-order valence-electron chi connectivity index (χ4n) is 6.12. The Bertz CT molecular complexity index is 1290. The average Bonchev–Trinajstić information content (AvgIpc) is 3.49. The van der Waals surface area contributed by atoms with E-state index >= 15 is 0 Å². The number of nitrogens with zero attached hydrogens (tertiary/aromatic N) is 1. The van der Waals surface area contributed by atoms with Gasteiger partial charge in [0.25, 0.3) is 0 Å². The Hall–Kier alpha value is -3.17. The molecule has 0 aromatic heterocycles. The van der Waals surface area contributed by atoms with E-state index in [9.17, 15) is 18.8 Å². The molecule has 3 atom stereocenters. The summed E-state index contributed by atoms with van der Waals surface area (Å²) < 4.78 is 20.1. The normalized spacial score (nSPS) is 23.0. The molecule has 1 spiro atoms. The summed E-state index contributed by atoms with van der Waals surface area (Å²) in [5.41, 5.74) is 0.586. The Morgan fingerprint density at radius 2 is 1.86 bits per heavy atom. The molecule has 2 aromatic rings.